The summed E-state index contributed by atoms with van der Waals surface area (Å²) in [5.74, 6) is 0.216. The number of carbonyl (C=O) groups excluding carboxylic acids is 1. The number of Topliss-reactive ketones (excluding diaryl/α,β-unsaturated/α-hetero) is 1. The second kappa shape index (κ2) is 6.21. The molecule has 2 aliphatic rings. The lowest BCUT2D eigenvalue weighted by atomic mass is 9.88. The van der Waals surface area contributed by atoms with Crippen LogP contribution in [0.2, 0.25) is 0 Å². The Labute approximate surface area is 143 Å². The third-order valence-corrected chi connectivity index (χ3v) is 5.18. The summed E-state index contributed by atoms with van der Waals surface area (Å²) in [6, 6.07) is 20.8. The summed E-state index contributed by atoms with van der Waals surface area (Å²) in [6.07, 6.45) is 6.25. The van der Waals surface area contributed by atoms with E-state index in [1.807, 2.05) is 36.4 Å². The molecule has 0 radical (unpaired) electrons. The summed E-state index contributed by atoms with van der Waals surface area (Å²) in [5.41, 5.74) is 4.05. The Morgan fingerprint density at radius 3 is 1.62 bits per heavy atom. The zero-order valence-electron chi connectivity index (χ0n) is 13.9. The number of hydrogen-bond acceptors (Lipinski definition) is 2. The van der Waals surface area contributed by atoms with Crippen LogP contribution in [0.3, 0.4) is 0 Å². The summed E-state index contributed by atoms with van der Waals surface area (Å²) in [6.45, 7) is 0. The van der Waals surface area contributed by atoms with Crippen LogP contribution in [0.5, 0.6) is 0 Å². The molecule has 2 aromatic carbocycles. The van der Waals surface area contributed by atoms with E-state index in [1.165, 1.54) is 0 Å². The van der Waals surface area contributed by atoms with Crippen LogP contribution in [0.25, 0.3) is 12.2 Å². The van der Waals surface area contributed by atoms with Crippen molar-refractivity contribution in [3.63, 3.8) is 0 Å². The first-order valence-electron chi connectivity index (χ1n) is 8.54. The minimum atomic E-state index is 0.216. The molecule has 4 rings (SSSR count). The third-order valence-electron chi connectivity index (χ3n) is 5.18. The molecule has 0 aromatic heterocycles. The number of benzene rings is 2. The van der Waals surface area contributed by atoms with Crippen LogP contribution in [-0.2, 0) is 4.79 Å². The molecule has 0 aliphatic carbocycles. The average molecular weight is 315 g/mol. The predicted octanol–water partition coefficient (Wildman–Crippen LogP) is 4.20. The predicted molar refractivity (Wildman–Crippen MR) is 98.4 cm³/mol. The van der Waals surface area contributed by atoms with E-state index in [2.05, 4.69) is 48.4 Å². The van der Waals surface area contributed by atoms with E-state index in [-0.39, 0.29) is 17.9 Å². The SMILES string of the molecule is CN1[C@H]2CC[C@H]1/C(=C\c1ccccc1)C(=O)/C2=C\c1ccccc1. The zero-order valence-corrected chi connectivity index (χ0v) is 13.9. The van der Waals surface area contributed by atoms with Crippen LogP contribution in [-0.4, -0.2) is 29.8 Å². The highest BCUT2D eigenvalue weighted by atomic mass is 16.1. The maximum Gasteiger partial charge on any atom is 0.188 e. The first-order chi connectivity index (χ1) is 11.7. The van der Waals surface area contributed by atoms with Crippen molar-refractivity contribution in [3.8, 4) is 0 Å². The van der Waals surface area contributed by atoms with E-state index in [4.69, 9.17) is 0 Å². The molecule has 2 bridgehead atoms. The smallest absolute Gasteiger partial charge is 0.188 e. The van der Waals surface area contributed by atoms with Gasteiger partial charge in [0.1, 0.15) is 0 Å². The van der Waals surface area contributed by atoms with Crippen molar-refractivity contribution in [1.29, 1.82) is 0 Å². The van der Waals surface area contributed by atoms with Gasteiger partial charge in [-0.05, 0) is 43.2 Å². The number of fused-ring (bicyclic) bond motifs is 2. The lowest BCUT2D eigenvalue weighted by Crippen LogP contribution is -2.43. The first-order valence-corrected chi connectivity index (χ1v) is 8.54. The van der Waals surface area contributed by atoms with Gasteiger partial charge in [-0.15, -0.1) is 0 Å². The quantitative estimate of drug-likeness (QED) is 0.774. The number of hydrogen-bond donors (Lipinski definition) is 0. The topological polar surface area (TPSA) is 20.3 Å². The molecule has 0 N–H and O–H groups in total. The Morgan fingerprint density at radius 1 is 0.792 bits per heavy atom. The van der Waals surface area contributed by atoms with E-state index < -0.39 is 0 Å². The maximum absolute atomic E-state index is 13.2. The van der Waals surface area contributed by atoms with Gasteiger partial charge < -0.3 is 0 Å². The molecule has 2 fully saturated rings. The van der Waals surface area contributed by atoms with Crippen molar-refractivity contribution in [1.82, 2.24) is 4.90 Å². The van der Waals surface area contributed by atoms with Gasteiger partial charge in [0.15, 0.2) is 5.78 Å². The highest BCUT2D eigenvalue weighted by Gasteiger charge is 2.44. The summed E-state index contributed by atoms with van der Waals surface area (Å²) >= 11 is 0. The van der Waals surface area contributed by atoms with E-state index in [0.29, 0.717) is 0 Å². The van der Waals surface area contributed by atoms with Gasteiger partial charge in [-0.3, -0.25) is 9.69 Å². The van der Waals surface area contributed by atoms with Crippen molar-refractivity contribution in [2.75, 3.05) is 7.05 Å². The average Bonchev–Trinajstić information content (AvgIpc) is 2.93. The standard InChI is InChI=1S/C22H21NO/c1-23-20-12-13-21(23)19(15-17-10-6-3-7-11-17)22(24)18(20)14-16-8-4-2-5-9-16/h2-11,14-15,20-21H,12-13H2,1H3/b18-14-,19-15+/t20-,21-/m0/s1. The van der Waals surface area contributed by atoms with E-state index in [9.17, 15) is 4.79 Å². The molecular weight excluding hydrogens is 294 g/mol. The third kappa shape index (κ3) is 2.63. The summed E-state index contributed by atoms with van der Waals surface area (Å²) in [4.78, 5) is 15.5. The number of nitrogens with zero attached hydrogens (tertiary/aromatic N) is 1. The van der Waals surface area contributed by atoms with Crippen molar-refractivity contribution in [2.45, 2.75) is 24.9 Å². The molecule has 0 spiro atoms. The highest BCUT2D eigenvalue weighted by molar-refractivity contribution is 6.16. The molecule has 2 atom stereocenters. The zero-order chi connectivity index (χ0) is 16.5. The largest absolute Gasteiger partial charge is 0.292 e. The van der Waals surface area contributed by atoms with Crippen LogP contribution < -0.4 is 0 Å². The van der Waals surface area contributed by atoms with E-state index >= 15 is 0 Å². The highest BCUT2D eigenvalue weighted by Crippen LogP contribution is 2.40. The van der Waals surface area contributed by atoms with Crippen molar-refractivity contribution >= 4 is 17.9 Å². The van der Waals surface area contributed by atoms with Gasteiger partial charge in [0.2, 0.25) is 0 Å². The molecule has 120 valence electrons. The summed E-state index contributed by atoms with van der Waals surface area (Å²) < 4.78 is 0. The van der Waals surface area contributed by atoms with Gasteiger partial charge in [-0.2, -0.15) is 0 Å². The number of piperidine rings is 1. The fraction of sp³-hybridized carbons (Fsp3) is 0.227. The molecule has 2 aromatic rings. The van der Waals surface area contributed by atoms with Crippen molar-refractivity contribution in [3.05, 3.63) is 82.9 Å². The van der Waals surface area contributed by atoms with Gasteiger partial charge in [-0.25, -0.2) is 0 Å². The monoisotopic (exact) mass is 315 g/mol. The Kier molecular flexibility index (Phi) is 3.91. The minimum absolute atomic E-state index is 0.216. The van der Waals surface area contributed by atoms with Crippen LogP contribution in [0.1, 0.15) is 24.0 Å². The van der Waals surface area contributed by atoms with Gasteiger partial charge in [0.25, 0.3) is 0 Å². The summed E-state index contributed by atoms with van der Waals surface area (Å²) in [5, 5.41) is 0. The number of likely N-dealkylation sites (N-methyl/N-ethyl adjacent to an activating group) is 1. The van der Waals surface area contributed by atoms with Crippen LogP contribution in [0.4, 0.5) is 0 Å². The second-order valence-electron chi connectivity index (χ2n) is 6.62. The lowest BCUT2D eigenvalue weighted by molar-refractivity contribution is -0.114. The van der Waals surface area contributed by atoms with Gasteiger partial charge in [-0.1, -0.05) is 60.7 Å². The molecule has 24 heavy (non-hydrogen) atoms. The van der Waals surface area contributed by atoms with E-state index in [1.54, 1.807) is 0 Å². The summed E-state index contributed by atoms with van der Waals surface area (Å²) in [7, 11) is 2.15. The van der Waals surface area contributed by atoms with Gasteiger partial charge in [0, 0.05) is 23.2 Å². The minimum Gasteiger partial charge on any atom is -0.292 e. The maximum atomic E-state index is 13.2. The first kappa shape index (κ1) is 15.1. The van der Waals surface area contributed by atoms with E-state index in [0.717, 1.165) is 35.1 Å². The fourth-order valence-electron chi connectivity index (χ4n) is 3.94. The molecule has 2 saturated heterocycles. The molecule has 2 aliphatic heterocycles. The molecule has 0 amide bonds. The van der Waals surface area contributed by atoms with Crippen LogP contribution in [0.15, 0.2) is 71.8 Å². The Bertz CT molecular complexity index is 737. The normalized spacial score (nSPS) is 27.1. The molecular formula is C22H21NO. The van der Waals surface area contributed by atoms with Gasteiger partial charge in [0.05, 0.1) is 0 Å². The number of carbonyl (C=O) groups is 1. The molecule has 2 heterocycles. The van der Waals surface area contributed by atoms with Crippen LogP contribution in [0, 0.1) is 0 Å². The Hall–Kier alpha value is -2.45. The molecule has 2 heteroatoms. The van der Waals surface area contributed by atoms with Crippen molar-refractivity contribution < 1.29 is 4.79 Å². The number of rotatable bonds is 2. The van der Waals surface area contributed by atoms with Gasteiger partial charge >= 0.3 is 0 Å². The van der Waals surface area contributed by atoms with Crippen molar-refractivity contribution in [2.24, 2.45) is 0 Å². The molecule has 0 saturated carbocycles. The Balaban J connectivity index is 1.78. The fourth-order valence-corrected chi connectivity index (χ4v) is 3.94. The lowest BCUT2D eigenvalue weighted by Gasteiger charge is -2.34. The van der Waals surface area contributed by atoms with Crippen LogP contribution >= 0.6 is 0 Å². The second-order valence-corrected chi connectivity index (χ2v) is 6.62. The molecule has 2 nitrogen and oxygen atoms in total. The molecule has 0 unspecified atom stereocenters. The number of ketones is 1. The Morgan fingerprint density at radius 2 is 1.21 bits per heavy atom.